The van der Waals surface area contributed by atoms with Gasteiger partial charge in [-0.15, -0.1) is 12.6 Å². The third-order valence-electron chi connectivity index (χ3n) is 12.2. The van der Waals surface area contributed by atoms with E-state index in [0.29, 0.717) is 43.6 Å². The summed E-state index contributed by atoms with van der Waals surface area (Å²) < 4.78 is 62.7. The molecule has 0 saturated carbocycles. The monoisotopic (exact) mass is 948 g/mol. The molecule has 0 spiro atoms. The van der Waals surface area contributed by atoms with Crippen LogP contribution in [0.2, 0.25) is 0 Å². The molecular weight excluding hydrogens is 889 g/mol. The standard InChI is InChI=1S/C51H56N4O6S.CH4.O3S/c1-6-31-54-42-26-21-35-15-9-11-17-39(35)47(42)50(2,3)44(54)28-23-37(41-25-20-38(34-53-41)49(58)52-30-13-7-8-19-46(56)57)24-29-45-51(4,5)48-40-18-12-10-16-36(40)22-27-43(48)55(45)32-14-33-62(59,60)61;;1-4(2)3/h9-12,15-18,20-29,34H,6-8,13-14,19,30-33H2,1-5H3,(H2-,52,56,57,58,59,60,61);1H4;. The van der Waals surface area contributed by atoms with Gasteiger partial charge in [0.2, 0.25) is 5.69 Å². The van der Waals surface area contributed by atoms with Crippen molar-refractivity contribution < 1.29 is 44.9 Å². The van der Waals surface area contributed by atoms with Crippen LogP contribution in [0.5, 0.6) is 0 Å². The van der Waals surface area contributed by atoms with Gasteiger partial charge in [-0.25, -0.2) is 8.42 Å². The van der Waals surface area contributed by atoms with E-state index in [-0.39, 0.29) is 31.6 Å². The second-order valence-corrected chi connectivity index (χ2v) is 19.5. The summed E-state index contributed by atoms with van der Waals surface area (Å²) in [5.74, 6) is -1.53. The lowest BCUT2D eigenvalue weighted by molar-refractivity contribution is -0.437. The van der Waals surface area contributed by atoms with Crippen molar-refractivity contribution in [1.82, 2.24) is 10.3 Å². The second kappa shape index (κ2) is 22.0. The largest absolute Gasteiger partial charge is 0.748 e. The highest BCUT2D eigenvalue weighted by atomic mass is 32.2. The molecule has 354 valence electrons. The van der Waals surface area contributed by atoms with Crippen molar-refractivity contribution in [2.75, 3.05) is 30.3 Å². The molecule has 0 radical (unpaired) electrons. The number of aromatic nitrogens is 1. The number of carbonyl (C=O) groups is 2. The average Bonchev–Trinajstić information content (AvgIpc) is 3.62. The Morgan fingerprint density at radius 3 is 2.10 bits per heavy atom. The van der Waals surface area contributed by atoms with E-state index < -0.39 is 37.9 Å². The van der Waals surface area contributed by atoms with Crippen molar-refractivity contribution in [3.63, 3.8) is 0 Å². The summed E-state index contributed by atoms with van der Waals surface area (Å²) in [6.07, 6.45) is 13.2. The van der Waals surface area contributed by atoms with E-state index in [4.69, 9.17) is 22.7 Å². The number of nitrogens with one attached hydrogen (secondary N) is 1. The average molecular weight is 949 g/mol. The van der Waals surface area contributed by atoms with E-state index in [0.717, 1.165) is 52.0 Å². The predicted octanol–water partition coefficient (Wildman–Crippen LogP) is 9.44. The number of amides is 1. The van der Waals surface area contributed by atoms with Crippen LogP contribution >= 0.6 is 0 Å². The third kappa shape index (κ3) is 12.0. The highest BCUT2D eigenvalue weighted by Gasteiger charge is 2.45. The summed E-state index contributed by atoms with van der Waals surface area (Å²) in [6.45, 7) is 12.7. The number of allylic oxidation sites excluding steroid dienone is 6. The zero-order valence-corrected chi connectivity index (χ0v) is 39.5. The number of carboxylic acids is 1. The van der Waals surface area contributed by atoms with Crippen LogP contribution in [0.25, 0.3) is 27.1 Å². The van der Waals surface area contributed by atoms with Crippen LogP contribution in [0.3, 0.4) is 0 Å². The number of hydrogen-bond acceptors (Lipinski definition) is 10. The number of benzene rings is 4. The number of pyridine rings is 1. The number of anilines is 1. The smallest absolute Gasteiger partial charge is 0.425 e. The number of nitrogens with zero attached hydrogens (tertiary/aromatic N) is 3. The summed E-state index contributed by atoms with van der Waals surface area (Å²) in [5, 5.41) is 16.5. The van der Waals surface area contributed by atoms with Crippen LogP contribution in [0.4, 0.5) is 11.4 Å². The lowest BCUT2D eigenvalue weighted by atomic mass is 9.79. The molecule has 67 heavy (non-hydrogen) atoms. The molecule has 2 aliphatic rings. The normalized spacial score (nSPS) is 15.6. The van der Waals surface area contributed by atoms with Crippen LogP contribution < -0.4 is 10.2 Å². The number of carboxylic acid groups (broad SMARTS) is 1. The number of carbonyl (C=O) groups excluding carboxylic acids is 1. The molecule has 0 atom stereocenters. The first-order valence-corrected chi connectivity index (χ1v) is 24.7. The molecule has 2 aliphatic heterocycles. The molecule has 0 unspecified atom stereocenters. The number of fused-ring (bicyclic) bond motifs is 6. The van der Waals surface area contributed by atoms with E-state index in [1.807, 2.05) is 24.3 Å². The lowest BCUT2D eigenvalue weighted by Gasteiger charge is -2.27. The van der Waals surface area contributed by atoms with Crippen LogP contribution in [0, 0.1) is 0 Å². The van der Waals surface area contributed by atoms with Crippen molar-refractivity contribution in [3.05, 3.63) is 144 Å². The topological polar surface area (TPSA) is 194 Å². The first kappa shape index (κ1) is 51.7. The van der Waals surface area contributed by atoms with Gasteiger partial charge in [-0.05, 0) is 96.6 Å². The van der Waals surface area contributed by atoms with Crippen LogP contribution in [0.1, 0.15) is 108 Å². The fraction of sp³-hybridized carbons (Fsp3) is 0.346. The van der Waals surface area contributed by atoms with Crippen LogP contribution in [-0.4, -0.2) is 83.2 Å². The molecule has 15 heteroatoms. The Bertz CT molecular complexity index is 3000. The van der Waals surface area contributed by atoms with Crippen LogP contribution in [0.15, 0.2) is 121 Å². The van der Waals surface area contributed by atoms with Crippen molar-refractivity contribution in [3.8, 4) is 0 Å². The minimum atomic E-state index is -4.40. The Morgan fingerprint density at radius 2 is 1.49 bits per heavy atom. The van der Waals surface area contributed by atoms with Gasteiger partial charge in [-0.2, -0.15) is 4.58 Å². The lowest BCUT2D eigenvalue weighted by Crippen LogP contribution is -2.28. The summed E-state index contributed by atoms with van der Waals surface area (Å²) in [4.78, 5) is 31.3. The Labute approximate surface area is 395 Å². The van der Waals surface area contributed by atoms with Gasteiger partial charge in [0.05, 0.1) is 26.8 Å². The van der Waals surface area contributed by atoms with Crippen molar-refractivity contribution >= 4 is 76.8 Å². The van der Waals surface area contributed by atoms with Gasteiger partial charge in [0, 0.05) is 78.0 Å². The SMILES string of the molecule is C.CCCN1/C(=C/C=C(/C=C/C2=[N+](CCCS(=O)(=O)[O-])c3ccc4ccccc4c3C2(C)C)c2ccc(C(=O)NCCCCCC(=O)O)cn2)C(C)(C)c2c1ccc1ccccc21.O=S(=O)=O. The molecule has 5 aromatic rings. The molecule has 2 N–H and O–H groups in total. The maximum absolute atomic E-state index is 13.1. The third-order valence-corrected chi connectivity index (χ3v) is 13.0. The number of unbranched alkanes of at least 4 members (excludes halogenated alkanes) is 2. The first-order valence-electron chi connectivity index (χ1n) is 22.1. The first-order chi connectivity index (χ1) is 31.3. The van der Waals surface area contributed by atoms with E-state index in [9.17, 15) is 22.6 Å². The van der Waals surface area contributed by atoms with Gasteiger partial charge >= 0.3 is 16.6 Å². The molecule has 7 rings (SSSR count). The molecule has 1 aromatic heterocycles. The van der Waals surface area contributed by atoms with E-state index in [2.05, 4.69) is 128 Å². The Hall–Kier alpha value is -6.29. The van der Waals surface area contributed by atoms with Gasteiger partial charge in [-0.1, -0.05) is 95.3 Å². The van der Waals surface area contributed by atoms with Crippen molar-refractivity contribution in [1.29, 1.82) is 0 Å². The number of rotatable bonds is 17. The summed E-state index contributed by atoms with van der Waals surface area (Å²) in [6, 6.07) is 29.0. The summed E-state index contributed by atoms with van der Waals surface area (Å²) in [5.41, 5.74) is 7.78. The van der Waals surface area contributed by atoms with Crippen molar-refractivity contribution in [2.24, 2.45) is 0 Å². The second-order valence-electron chi connectivity index (χ2n) is 17.5. The molecule has 1 amide bonds. The zero-order chi connectivity index (χ0) is 47.8. The van der Waals surface area contributed by atoms with Gasteiger partial charge in [0.1, 0.15) is 6.54 Å². The number of hydrogen-bond donors (Lipinski definition) is 2. The van der Waals surface area contributed by atoms with Gasteiger partial charge < -0.3 is 19.9 Å². The molecule has 0 aliphatic carbocycles. The molecule has 4 aromatic carbocycles. The van der Waals surface area contributed by atoms with Gasteiger partial charge in [-0.3, -0.25) is 14.6 Å². The Kier molecular flexibility index (Phi) is 17.0. The molecule has 0 saturated heterocycles. The maximum atomic E-state index is 13.1. The highest BCUT2D eigenvalue weighted by molar-refractivity contribution is 7.85. The van der Waals surface area contributed by atoms with E-state index in [1.165, 1.54) is 22.0 Å². The zero-order valence-electron chi connectivity index (χ0n) is 37.9. The van der Waals surface area contributed by atoms with E-state index in [1.54, 1.807) is 12.3 Å². The molecular formula is C52H60N4O9S2. The molecule has 0 bridgehead atoms. The van der Waals surface area contributed by atoms with Gasteiger partial charge in [0.25, 0.3) is 5.91 Å². The summed E-state index contributed by atoms with van der Waals surface area (Å²) >= 11 is 0. The van der Waals surface area contributed by atoms with Gasteiger partial charge in [0.15, 0.2) is 5.71 Å². The Morgan fingerprint density at radius 1 is 0.851 bits per heavy atom. The summed E-state index contributed by atoms with van der Waals surface area (Å²) in [7, 11) is -7.51. The van der Waals surface area contributed by atoms with E-state index >= 15 is 0 Å². The van der Waals surface area contributed by atoms with Crippen molar-refractivity contribution in [2.45, 2.75) is 91.4 Å². The predicted molar refractivity (Wildman–Crippen MR) is 265 cm³/mol. The Balaban J connectivity index is 0.00000161. The maximum Gasteiger partial charge on any atom is 0.425 e. The minimum absolute atomic E-state index is 0. The fourth-order valence-electron chi connectivity index (χ4n) is 9.32. The quantitative estimate of drug-likeness (QED) is 0.0390. The molecule has 3 heterocycles. The van der Waals surface area contributed by atoms with Crippen LogP contribution in [-0.2, 0) is 36.4 Å². The highest BCUT2D eigenvalue weighted by Crippen LogP contribution is 2.51. The minimum Gasteiger partial charge on any atom is -0.748 e. The molecule has 0 fully saturated rings. The molecule has 13 nitrogen and oxygen atoms in total. The fourth-order valence-corrected chi connectivity index (χ4v) is 9.80. The number of aliphatic carboxylic acids is 1.